The minimum absolute atomic E-state index is 0.235. The lowest BCUT2D eigenvalue weighted by Gasteiger charge is -2.03. The predicted molar refractivity (Wildman–Crippen MR) is 76.7 cm³/mol. The van der Waals surface area contributed by atoms with Crippen molar-refractivity contribution in [3.05, 3.63) is 61.0 Å². The Kier molecular flexibility index (Phi) is 4.10. The van der Waals surface area contributed by atoms with Gasteiger partial charge in [-0.2, -0.15) is 5.26 Å². The van der Waals surface area contributed by atoms with Gasteiger partial charge in [0.15, 0.2) is 0 Å². The summed E-state index contributed by atoms with van der Waals surface area (Å²) in [6.45, 7) is 0. The van der Waals surface area contributed by atoms with Gasteiger partial charge in [-0.25, -0.2) is 0 Å². The highest BCUT2D eigenvalue weighted by Gasteiger charge is 2.20. The van der Waals surface area contributed by atoms with Gasteiger partial charge in [-0.3, -0.25) is 25.0 Å². The predicted octanol–water partition coefficient (Wildman–Crippen LogP) is 2.69. The Labute approximate surface area is 126 Å². The molecule has 0 aliphatic heterocycles. The van der Waals surface area contributed by atoms with Crippen LogP contribution in [0.1, 0.15) is 15.9 Å². The summed E-state index contributed by atoms with van der Waals surface area (Å²) in [7, 11) is 0. The molecule has 0 unspecified atom stereocenters. The number of non-ortho nitro benzene ring substituents is 2. The van der Waals surface area contributed by atoms with Crippen LogP contribution in [-0.2, 0) is 0 Å². The molecule has 1 aromatic heterocycles. The van der Waals surface area contributed by atoms with Crippen molar-refractivity contribution in [1.29, 1.82) is 5.26 Å². The summed E-state index contributed by atoms with van der Waals surface area (Å²) in [5, 5.41) is 34.7. The molecule has 0 saturated heterocycles. The van der Waals surface area contributed by atoms with Gasteiger partial charge in [0, 0.05) is 12.1 Å². The van der Waals surface area contributed by atoms with Crippen LogP contribution in [0.5, 0.6) is 0 Å². The number of nitriles is 1. The molecule has 110 valence electrons. The maximum absolute atomic E-state index is 12.1. The van der Waals surface area contributed by atoms with Gasteiger partial charge in [-0.1, -0.05) is 0 Å². The first-order valence-corrected chi connectivity index (χ1v) is 6.53. The Morgan fingerprint density at radius 2 is 1.77 bits per heavy atom. The average Bonchev–Trinajstić information content (AvgIpc) is 2.93. The van der Waals surface area contributed by atoms with E-state index in [1.54, 1.807) is 5.38 Å². The minimum atomic E-state index is -0.824. The van der Waals surface area contributed by atoms with Gasteiger partial charge in [-0.15, -0.1) is 11.3 Å². The van der Waals surface area contributed by atoms with Crippen molar-refractivity contribution >= 4 is 33.6 Å². The second-order valence-electron chi connectivity index (χ2n) is 3.98. The molecule has 1 aromatic carbocycles. The Balaban J connectivity index is 2.39. The molecule has 10 heteroatoms. The van der Waals surface area contributed by atoms with Crippen molar-refractivity contribution in [3.63, 3.8) is 0 Å². The first-order chi connectivity index (χ1) is 10.4. The number of nitro benzene ring substituents is 2. The lowest BCUT2D eigenvalue weighted by molar-refractivity contribution is -0.394. The number of nitro groups is 2. The molecule has 2 aromatic rings. The van der Waals surface area contributed by atoms with Crippen LogP contribution in [-0.4, -0.2) is 15.8 Å². The number of hydrogen-bond acceptors (Lipinski definition) is 7. The lowest BCUT2D eigenvalue weighted by atomic mass is 10.1. The third kappa shape index (κ3) is 3.05. The maximum atomic E-state index is 12.1. The highest BCUT2D eigenvalue weighted by Crippen LogP contribution is 2.26. The van der Waals surface area contributed by atoms with Gasteiger partial charge in [-0.05, 0) is 11.4 Å². The lowest BCUT2D eigenvalue weighted by Crippen LogP contribution is -2.12. The summed E-state index contributed by atoms with van der Waals surface area (Å²) >= 11 is 1.10. The summed E-state index contributed by atoms with van der Waals surface area (Å²) in [6.07, 6.45) is 0. The number of thiophene rings is 1. The molecule has 0 saturated carbocycles. The molecule has 9 nitrogen and oxygen atoms in total. The van der Waals surface area contributed by atoms with Gasteiger partial charge >= 0.3 is 0 Å². The highest BCUT2D eigenvalue weighted by atomic mass is 32.1. The summed E-state index contributed by atoms with van der Waals surface area (Å²) < 4.78 is 0. The van der Waals surface area contributed by atoms with E-state index in [-0.39, 0.29) is 16.1 Å². The molecule has 1 amide bonds. The van der Waals surface area contributed by atoms with Crippen molar-refractivity contribution in [1.82, 2.24) is 0 Å². The molecule has 0 aliphatic carbocycles. The fraction of sp³-hybridized carbons (Fsp3) is 0. The molecule has 0 bridgehead atoms. The normalized spacial score (nSPS) is 9.77. The molecule has 0 spiro atoms. The van der Waals surface area contributed by atoms with Gasteiger partial charge in [0.1, 0.15) is 11.1 Å². The number of nitrogens with one attached hydrogen (secondary N) is 1. The van der Waals surface area contributed by atoms with E-state index in [0.29, 0.717) is 0 Å². The molecular formula is C12H6N4O5S. The average molecular weight is 318 g/mol. The monoisotopic (exact) mass is 318 g/mol. The molecule has 0 aliphatic rings. The van der Waals surface area contributed by atoms with Gasteiger partial charge < -0.3 is 5.32 Å². The molecule has 1 N–H and O–H groups in total. The standard InChI is InChI=1S/C12H6N4O5S/c13-6-7-1-2-22-12(7)14-11(17)8-3-9(15(18)19)5-10(4-8)16(20)21/h1-5H,(H,14,17). The van der Waals surface area contributed by atoms with Crippen molar-refractivity contribution in [2.45, 2.75) is 0 Å². The number of carbonyl (C=O) groups excluding carboxylic acids is 1. The van der Waals surface area contributed by atoms with Gasteiger partial charge in [0.2, 0.25) is 0 Å². The number of benzene rings is 1. The van der Waals surface area contributed by atoms with Gasteiger partial charge in [0.25, 0.3) is 17.3 Å². The van der Waals surface area contributed by atoms with Crippen LogP contribution in [0.25, 0.3) is 0 Å². The number of amides is 1. The minimum Gasteiger partial charge on any atom is -0.312 e. The molecule has 22 heavy (non-hydrogen) atoms. The molecule has 2 rings (SSSR count). The Bertz CT molecular complexity index is 791. The van der Waals surface area contributed by atoms with Crippen LogP contribution in [0.3, 0.4) is 0 Å². The fourth-order valence-electron chi connectivity index (χ4n) is 1.61. The maximum Gasteiger partial charge on any atom is 0.277 e. The summed E-state index contributed by atoms with van der Waals surface area (Å²) in [5.74, 6) is -0.772. The number of rotatable bonds is 4. The number of hydrogen-bond donors (Lipinski definition) is 1. The Hall–Kier alpha value is -3.32. The summed E-state index contributed by atoms with van der Waals surface area (Å²) in [5.41, 5.74) is -1.13. The van der Waals surface area contributed by atoms with E-state index >= 15 is 0 Å². The summed E-state index contributed by atoms with van der Waals surface area (Å²) in [6, 6.07) is 6.00. The second-order valence-corrected chi connectivity index (χ2v) is 4.90. The Morgan fingerprint density at radius 3 is 2.27 bits per heavy atom. The second kappa shape index (κ2) is 5.98. The Morgan fingerprint density at radius 1 is 1.18 bits per heavy atom. The molecule has 0 atom stereocenters. The third-order valence-electron chi connectivity index (χ3n) is 2.60. The molecule has 0 radical (unpaired) electrons. The van der Waals surface area contributed by atoms with Crippen LogP contribution >= 0.6 is 11.3 Å². The van der Waals surface area contributed by atoms with Crippen LogP contribution in [0.4, 0.5) is 16.4 Å². The quantitative estimate of drug-likeness (QED) is 0.679. The van der Waals surface area contributed by atoms with E-state index in [2.05, 4.69) is 5.32 Å². The molecule has 1 heterocycles. The first kappa shape index (κ1) is 15.1. The van der Waals surface area contributed by atoms with Gasteiger partial charge in [0.05, 0.1) is 27.0 Å². The SMILES string of the molecule is N#Cc1ccsc1NC(=O)c1cc([N+](=O)[O-])cc([N+](=O)[O-])c1. The molecule has 0 fully saturated rings. The third-order valence-corrected chi connectivity index (χ3v) is 3.43. The summed E-state index contributed by atoms with van der Waals surface area (Å²) in [4.78, 5) is 32.0. The van der Waals surface area contributed by atoms with Crippen LogP contribution < -0.4 is 5.32 Å². The zero-order valence-corrected chi connectivity index (χ0v) is 11.5. The smallest absolute Gasteiger partial charge is 0.277 e. The van der Waals surface area contributed by atoms with Crippen molar-refractivity contribution < 1.29 is 14.6 Å². The van der Waals surface area contributed by atoms with E-state index < -0.39 is 27.1 Å². The van der Waals surface area contributed by atoms with Crippen molar-refractivity contribution in [3.8, 4) is 6.07 Å². The van der Waals surface area contributed by atoms with Crippen LogP contribution in [0.2, 0.25) is 0 Å². The van der Waals surface area contributed by atoms with E-state index in [9.17, 15) is 25.0 Å². The first-order valence-electron chi connectivity index (χ1n) is 5.65. The van der Waals surface area contributed by atoms with E-state index in [4.69, 9.17) is 5.26 Å². The van der Waals surface area contributed by atoms with Crippen molar-refractivity contribution in [2.24, 2.45) is 0 Å². The van der Waals surface area contributed by atoms with Crippen molar-refractivity contribution in [2.75, 3.05) is 5.32 Å². The highest BCUT2D eigenvalue weighted by molar-refractivity contribution is 7.14. The number of nitrogens with zero attached hydrogens (tertiary/aromatic N) is 3. The topological polar surface area (TPSA) is 139 Å². The van der Waals surface area contributed by atoms with E-state index in [1.165, 1.54) is 6.07 Å². The van der Waals surface area contributed by atoms with E-state index in [1.807, 2.05) is 6.07 Å². The zero-order chi connectivity index (χ0) is 16.3. The largest absolute Gasteiger partial charge is 0.312 e. The number of anilines is 1. The molecular weight excluding hydrogens is 312 g/mol. The van der Waals surface area contributed by atoms with Crippen LogP contribution in [0.15, 0.2) is 29.6 Å². The van der Waals surface area contributed by atoms with Crippen LogP contribution in [0, 0.1) is 31.6 Å². The fourth-order valence-corrected chi connectivity index (χ4v) is 2.34. The number of carbonyl (C=O) groups is 1. The zero-order valence-electron chi connectivity index (χ0n) is 10.7. The van der Waals surface area contributed by atoms with E-state index in [0.717, 1.165) is 29.5 Å².